The van der Waals surface area contributed by atoms with Gasteiger partial charge in [0.15, 0.2) is 0 Å². The van der Waals surface area contributed by atoms with E-state index in [1.807, 2.05) is 24.3 Å². The maximum Gasteiger partial charge on any atom is 0.490 e. The largest absolute Gasteiger partial charge is 0.490 e. The molecule has 0 saturated carbocycles. The summed E-state index contributed by atoms with van der Waals surface area (Å²) in [5, 5.41) is 1.86. The number of carbonyl (C=O) groups is 1. The van der Waals surface area contributed by atoms with Crippen molar-refractivity contribution in [2.24, 2.45) is 0 Å². The van der Waals surface area contributed by atoms with Crippen LogP contribution in [0.3, 0.4) is 0 Å². The highest BCUT2D eigenvalue weighted by Crippen LogP contribution is 2.19. The first-order chi connectivity index (χ1) is 8.47. The number of alkyl halides is 3. The van der Waals surface area contributed by atoms with Crippen LogP contribution in [0, 0.1) is 0 Å². The topological polar surface area (TPSA) is 26.3 Å². The van der Waals surface area contributed by atoms with Crippen LogP contribution in [0.1, 0.15) is 5.56 Å². The molecule has 2 aromatic rings. The third-order valence-corrected chi connectivity index (χ3v) is 2.42. The van der Waals surface area contributed by atoms with E-state index in [2.05, 4.69) is 4.74 Å². The smallest absolute Gasteiger partial charge is 0.454 e. The van der Waals surface area contributed by atoms with Gasteiger partial charge >= 0.3 is 12.1 Å². The molecular weight excluding hydrogens is 245 g/mol. The molecule has 0 atom stereocenters. The normalized spacial score (nSPS) is 11.5. The molecule has 0 saturated heterocycles. The van der Waals surface area contributed by atoms with Crippen LogP contribution >= 0.6 is 0 Å². The summed E-state index contributed by atoms with van der Waals surface area (Å²) in [6.45, 7) is -0.386. The van der Waals surface area contributed by atoms with E-state index in [-0.39, 0.29) is 6.61 Å². The molecule has 0 bridgehead atoms. The fraction of sp³-hybridized carbons (Fsp3) is 0.154. The van der Waals surface area contributed by atoms with Crippen LogP contribution in [-0.4, -0.2) is 12.1 Å². The lowest BCUT2D eigenvalue weighted by Gasteiger charge is -2.07. The number of esters is 1. The molecule has 0 radical (unpaired) electrons. The molecule has 2 nitrogen and oxygen atoms in total. The predicted molar refractivity (Wildman–Crippen MR) is 59.8 cm³/mol. The van der Waals surface area contributed by atoms with E-state index >= 15 is 0 Å². The molecule has 0 aliphatic rings. The Morgan fingerprint density at radius 3 is 2.39 bits per heavy atom. The Kier molecular flexibility index (Phi) is 3.23. The molecule has 0 unspecified atom stereocenters. The van der Waals surface area contributed by atoms with Crippen molar-refractivity contribution in [2.45, 2.75) is 12.8 Å². The fourth-order valence-electron chi connectivity index (χ4n) is 1.56. The Bertz CT molecular complexity index is 576. The molecule has 0 aromatic heterocycles. The second-order valence-corrected chi connectivity index (χ2v) is 3.76. The summed E-state index contributed by atoms with van der Waals surface area (Å²) < 4.78 is 40.0. The average Bonchev–Trinajstić information content (AvgIpc) is 2.34. The first-order valence-corrected chi connectivity index (χ1v) is 5.18. The summed E-state index contributed by atoms with van der Waals surface area (Å²) >= 11 is 0. The summed E-state index contributed by atoms with van der Waals surface area (Å²) in [6.07, 6.45) is -4.95. The molecule has 0 N–H and O–H groups in total. The SMILES string of the molecule is O=C(OCc1ccc2ccccc2c1)C(F)(F)F. The molecule has 0 aliphatic heterocycles. The molecule has 0 spiro atoms. The lowest BCUT2D eigenvalue weighted by Crippen LogP contribution is -2.25. The maximum absolute atomic E-state index is 11.9. The van der Waals surface area contributed by atoms with Gasteiger partial charge in [0.05, 0.1) is 0 Å². The van der Waals surface area contributed by atoms with Crippen molar-refractivity contribution >= 4 is 16.7 Å². The predicted octanol–water partition coefficient (Wildman–Crippen LogP) is 3.45. The first kappa shape index (κ1) is 12.4. The standard InChI is InChI=1S/C13H9F3O2/c14-13(15,16)12(17)18-8-9-5-6-10-3-1-2-4-11(10)7-9/h1-7H,8H2. The van der Waals surface area contributed by atoms with Gasteiger partial charge in [-0.15, -0.1) is 0 Å². The van der Waals surface area contributed by atoms with Crippen molar-refractivity contribution in [1.82, 2.24) is 0 Å². The molecule has 18 heavy (non-hydrogen) atoms. The monoisotopic (exact) mass is 254 g/mol. The van der Waals surface area contributed by atoms with Crippen molar-refractivity contribution in [2.75, 3.05) is 0 Å². The Hall–Kier alpha value is -2.04. The Morgan fingerprint density at radius 2 is 1.72 bits per heavy atom. The van der Waals surface area contributed by atoms with Gasteiger partial charge in [-0.05, 0) is 22.4 Å². The third-order valence-electron chi connectivity index (χ3n) is 2.42. The van der Waals surface area contributed by atoms with Gasteiger partial charge in [-0.25, -0.2) is 4.79 Å². The fourth-order valence-corrected chi connectivity index (χ4v) is 1.56. The Morgan fingerprint density at radius 1 is 1.06 bits per heavy atom. The van der Waals surface area contributed by atoms with Gasteiger partial charge in [0.25, 0.3) is 0 Å². The van der Waals surface area contributed by atoms with E-state index in [1.165, 1.54) is 0 Å². The van der Waals surface area contributed by atoms with Crippen LogP contribution in [-0.2, 0) is 16.1 Å². The number of fused-ring (bicyclic) bond motifs is 1. The number of ether oxygens (including phenoxy) is 1. The van der Waals surface area contributed by atoms with E-state index in [9.17, 15) is 18.0 Å². The van der Waals surface area contributed by atoms with Crippen LogP contribution in [0.15, 0.2) is 42.5 Å². The molecule has 0 heterocycles. The second kappa shape index (κ2) is 4.68. The van der Waals surface area contributed by atoms with Crippen molar-refractivity contribution in [3.8, 4) is 0 Å². The highest BCUT2D eigenvalue weighted by atomic mass is 19.4. The van der Waals surface area contributed by atoms with Crippen molar-refractivity contribution < 1.29 is 22.7 Å². The van der Waals surface area contributed by atoms with Crippen LogP contribution < -0.4 is 0 Å². The molecule has 94 valence electrons. The van der Waals surface area contributed by atoms with Gasteiger partial charge in [0.2, 0.25) is 0 Å². The maximum atomic E-state index is 11.9. The van der Waals surface area contributed by atoms with Gasteiger partial charge in [0.1, 0.15) is 6.61 Å². The van der Waals surface area contributed by atoms with Gasteiger partial charge < -0.3 is 4.74 Å². The molecule has 5 heteroatoms. The third kappa shape index (κ3) is 2.80. The van der Waals surface area contributed by atoms with Crippen LogP contribution in [0.5, 0.6) is 0 Å². The van der Waals surface area contributed by atoms with Gasteiger partial charge in [-0.3, -0.25) is 0 Å². The van der Waals surface area contributed by atoms with Crippen molar-refractivity contribution in [3.05, 3.63) is 48.0 Å². The van der Waals surface area contributed by atoms with Crippen LogP contribution in [0.4, 0.5) is 13.2 Å². The lowest BCUT2D eigenvalue weighted by atomic mass is 10.1. The number of benzene rings is 2. The number of hydrogen-bond donors (Lipinski definition) is 0. The van der Waals surface area contributed by atoms with Gasteiger partial charge in [-0.2, -0.15) is 13.2 Å². The van der Waals surface area contributed by atoms with E-state index < -0.39 is 12.1 Å². The van der Waals surface area contributed by atoms with Gasteiger partial charge in [0, 0.05) is 0 Å². The quantitative estimate of drug-likeness (QED) is 0.767. The molecule has 2 rings (SSSR count). The highest BCUT2D eigenvalue weighted by molar-refractivity contribution is 5.83. The summed E-state index contributed by atoms with van der Waals surface area (Å²) in [5.41, 5.74) is 0.520. The van der Waals surface area contributed by atoms with Crippen molar-refractivity contribution in [1.29, 1.82) is 0 Å². The highest BCUT2D eigenvalue weighted by Gasteiger charge is 2.40. The number of hydrogen-bond acceptors (Lipinski definition) is 2. The summed E-state index contributed by atoms with van der Waals surface area (Å²) in [6, 6.07) is 12.5. The van der Waals surface area contributed by atoms with E-state index in [0.29, 0.717) is 5.56 Å². The van der Waals surface area contributed by atoms with Gasteiger partial charge in [-0.1, -0.05) is 36.4 Å². The molecule has 2 aromatic carbocycles. The van der Waals surface area contributed by atoms with Crippen LogP contribution in [0.2, 0.25) is 0 Å². The minimum atomic E-state index is -4.95. The van der Waals surface area contributed by atoms with E-state index in [1.54, 1.807) is 18.2 Å². The Balaban J connectivity index is 2.11. The zero-order valence-corrected chi connectivity index (χ0v) is 9.20. The zero-order valence-electron chi connectivity index (χ0n) is 9.20. The lowest BCUT2D eigenvalue weighted by molar-refractivity contribution is -0.201. The Labute approximate surface area is 101 Å². The van der Waals surface area contributed by atoms with E-state index in [4.69, 9.17) is 0 Å². The number of rotatable bonds is 2. The molecule has 0 fully saturated rings. The minimum Gasteiger partial charge on any atom is -0.454 e. The molecule has 0 amide bonds. The van der Waals surface area contributed by atoms with Crippen molar-refractivity contribution in [3.63, 3.8) is 0 Å². The minimum absolute atomic E-state index is 0.386. The van der Waals surface area contributed by atoms with Crippen LogP contribution in [0.25, 0.3) is 10.8 Å². The number of halogens is 3. The summed E-state index contributed by atoms with van der Waals surface area (Å²) in [4.78, 5) is 10.6. The zero-order chi connectivity index (χ0) is 13.2. The number of carbonyl (C=O) groups excluding carboxylic acids is 1. The molecule has 0 aliphatic carbocycles. The first-order valence-electron chi connectivity index (χ1n) is 5.18. The van der Waals surface area contributed by atoms with E-state index in [0.717, 1.165) is 10.8 Å². The second-order valence-electron chi connectivity index (χ2n) is 3.76. The summed E-state index contributed by atoms with van der Waals surface area (Å²) in [7, 11) is 0. The average molecular weight is 254 g/mol. The molecular formula is C13H9F3O2. The summed E-state index contributed by atoms with van der Waals surface area (Å²) in [5.74, 6) is -2.17.